The van der Waals surface area contributed by atoms with Gasteiger partial charge >= 0.3 is 15.5 Å². The first kappa shape index (κ1) is 17.2. The molecule has 0 saturated carbocycles. The molecule has 0 aliphatic heterocycles. The van der Waals surface area contributed by atoms with Gasteiger partial charge in [-0.15, -0.1) is 0 Å². The van der Waals surface area contributed by atoms with Crippen molar-refractivity contribution in [3.05, 3.63) is 69.3 Å². The van der Waals surface area contributed by atoms with Crippen LogP contribution < -0.4 is 4.72 Å². The Bertz CT molecular complexity index is 748. The third kappa shape index (κ3) is 3.79. The van der Waals surface area contributed by atoms with Crippen LogP contribution >= 0.6 is 22.6 Å². The molecule has 0 heterocycles. The number of hydrogen-bond donors (Lipinski definition) is 1. The molecule has 0 radical (unpaired) electrons. The number of nitrogens with one attached hydrogen (secondary N) is 1. The predicted octanol–water partition coefficient (Wildman–Crippen LogP) is 3.82. The van der Waals surface area contributed by atoms with Gasteiger partial charge in [0.15, 0.2) is 0 Å². The van der Waals surface area contributed by atoms with E-state index in [1.54, 1.807) is 59.3 Å². The van der Waals surface area contributed by atoms with Crippen molar-refractivity contribution in [1.29, 1.82) is 0 Å². The van der Waals surface area contributed by atoms with Crippen LogP contribution in [0.4, 0.5) is 13.2 Å². The van der Waals surface area contributed by atoms with E-state index in [-0.39, 0.29) is 0 Å². The average Bonchev–Trinajstić information content (AvgIpc) is 2.45. The normalized spacial score (nSPS) is 13.8. The fourth-order valence-electron chi connectivity index (χ4n) is 1.89. The Labute approximate surface area is 139 Å². The second-order valence-electron chi connectivity index (χ2n) is 4.43. The highest BCUT2D eigenvalue weighted by Crippen LogP contribution is 2.30. The summed E-state index contributed by atoms with van der Waals surface area (Å²) in [6, 6.07) is 13.7. The highest BCUT2D eigenvalue weighted by atomic mass is 127. The van der Waals surface area contributed by atoms with E-state index in [1.807, 2.05) is 22.6 Å². The Hall–Kier alpha value is -1.13. The lowest BCUT2D eigenvalue weighted by Crippen LogP contribution is -2.39. The monoisotopic (exact) mass is 441 g/mol. The first-order chi connectivity index (χ1) is 10.2. The Morgan fingerprint density at radius 2 is 1.50 bits per heavy atom. The van der Waals surface area contributed by atoms with Gasteiger partial charge in [-0.3, -0.25) is 0 Å². The molecule has 8 heteroatoms. The molecule has 1 atom stereocenters. The number of hydrogen-bond acceptors (Lipinski definition) is 2. The van der Waals surface area contributed by atoms with Gasteiger partial charge in [0, 0.05) is 3.57 Å². The summed E-state index contributed by atoms with van der Waals surface area (Å²) in [5, 5.41) is 0. The summed E-state index contributed by atoms with van der Waals surface area (Å²) in [6.45, 7) is 0. The zero-order valence-electron chi connectivity index (χ0n) is 11.0. The van der Waals surface area contributed by atoms with E-state index in [2.05, 4.69) is 0 Å². The number of halogens is 4. The lowest BCUT2D eigenvalue weighted by molar-refractivity contribution is -0.0449. The van der Waals surface area contributed by atoms with Gasteiger partial charge in [0.2, 0.25) is 0 Å². The molecule has 1 unspecified atom stereocenters. The third-order valence-corrected chi connectivity index (χ3v) is 5.06. The smallest absolute Gasteiger partial charge is 0.203 e. The minimum Gasteiger partial charge on any atom is -0.203 e. The summed E-state index contributed by atoms with van der Waals surface area (Å²) < 4.78 is 63.4. The molecule has 118 valence electrons. The minimum atomic E-state index is -5.46. The molecule has 0 fully saturated rings. The predicted molar refractivity (Wildman–Crippen MR) is 85.6 cm³/mol. The van der Waals surface area contributed by atoms with Crippen LogP contribution in [0.25, 0.3) is 0 Å². The fraction of sp³-hybridized carbons (Fsp3) is 0.143. The van der Waals surface area contributed by atoms with Gasteiger partial charge in [0.1, 0.15) is 0 Å². The van der Waals surface area contributed by atoms with Crippen molar-refractivity contribution in [2.75, 3.05) is 0 Å². The standard InChI is InChI=1S/C14H11F3INO2S/c15-14(16,17)22(20,21)19-13(10-6-2-1-3-7-10)11-8-4-5-9-12(11)18/h1-9,13,19H. The lowest BCUT2D eigenvalue weighted by atomic mass is 10.00. The summed E-state index contributed by atoms with van der Waals surface area (Å²) in [5.74, 6) is 0. The Balaban J connectivity index is 2.51. The van der Waals surface area contributed by atoms with Crippen molar-refractivity contribution in [3.63, 3.8) is 0 Å². The summed E-state index contributed by atoms with van der Waals surface area (Å²) in [5.41, 5.74) is -4.47. The zero-order chi connectivity index (χ0) is 16.4. The van der Waals surface area contributed by atoms with Crippen LogP contribution in [0.5, 0.6) is 0 Å². The second-order valence-corrected chi connectivity index (χ2v) is 7.30. The Kier molecular flexibility index (Phi) is 5.13. The molecule has 2 rings (SSSR count). The highest BCUT2D eigenvalue weighted by Gasteiger charge is 2.47. The van der Waals surface area contributed by atoms with E-state index >= 15 is 0 Å². The van der Waals surface area contributed by atoms with E-state index in [0.29, 0.717) is 14.7 Å². The van der Waals surface area contributed by atoms with Gasteiger partial charge in [-0.25, -0.2) is 8.42 Å². The van der Waals surface area contributed by atoms with Crippen LogP contribution in [0.1, 0.15) is 17.2 Å². The average molecular weight is 441 g/mol. The van der Waals surface area contributed by atoms with Gasteiger partial charge in [0.25, 0.3) is 0 Å². The molecule has 0 saturated heterocycles. The summed E-state index contributed by atoms with van der Waals surface area (Å²) >= 11 is 1.96. The van der Waals surface area contributed by atoms with E-state index in [1.165, 1.54) is 0 Å². The summed E-state index contributed by atoms with van der Waals surface area (Å²) in [7, 11) is -5.46. The zero-order valence-corrected chi connectivity index (χ0v) is 14.0. The molecule has 0 bridgehead atoms. The molecule has 1 N–H and O–H groups in total. The maximum Gasteiger partial charge on any atom is 0.511 e. The minimum absolute atomic E-state index is 0.430. The largest absolute Gasteiger partial charge is 0.511 e. The van der Waals surface area contributed by atoms with Crippen LogP contribution in [0.15, 0.2) is 54.6 Å². The number of benzene rings is 2. The fourth-order valence-corrected chi connectivity index (χ4v) is 3.29. The molecule has 22 heavy (non-hydrogen) atoms. The molecule has 0 aromatic heterocycles. The molecular weight excluding hydrogens is 430 g/mol. The molecule has 2 aromatic rings. The van der Waals surface area contributed by atoms with E-state index in [4.69, 9.17) is 0 Å². The van der Waals surface area contributed by atoms with Gasteiger partial charge < -0.3 is 0 Å². The van der Waals surface area contributed by atoms with E-state index in [0.717, 1.165) is 0 Å². The van der Waals surface area contributed by atoms with Crippen LogP contribution in [0.3, 0.4) is 0 Å². The van der Waals surface area contributed by atoms with Gasteiger partial charge in [-0.1, -0.05) is 48.5 Å². The van der Waals surface area contributed by atoms with Crippen molar-refractivity contribution in [2.45, 2.75) is 11.6 Å². The summed E-state index contributed by atoms with van der Waals surface area (Å²) in [4.78, 5) is 0. The second kappa shape index (κ2) is 6.55. The number of rotatable bonds is 4. The molecule has 2 aromatic carbocycles. The molecule has 3 nitrogen and oxygen atoms in total. The first-order valence-corrected chi connectivity index (χ1v) is 8.66. The first-order valence-electron chi connectivity index (χ1n) is 6.10. The molecule has 0 spiro atoms. The van der Waals surface area contributed by atoms with E-state index < -0.39 is 21.6 Å². The van der Waals surface area contributed by atoms with Crippen molar-refractivity contribution in [3.8, 4) is 0 Å². The van der Waals surface area contributed by atoms with Gasteiger partial charge in [-0.05, 0) is 39.8 Å². The molecule has 0 aliphatic rings. The maximum absolute atomic E-state index is 12.7. The van der Waals surface area contributed by atoms with Crippen molar-refractivity contribution in [1.82, 2.24) is 4.72 Å². The Morgan fingerprint density at radius 3 is 2.05 bits per heavy atom. The van der Waals surface area contributed by atoms with Gasteiger partial charge in [0.05, 0.1) is 6.04 Å². The Morgan fingerprint density at radius 1 is 0.955 bits per heavy atom. The van der Waals surface area contributed by atoms with Crippen molar-refractivity contribution >= 4 is 32.6 Å². The van der Waals surface area contributed by atoms with Crippen molar-refractivity contribution < 1.29 is 21.6 Å². The van der Waals surface area contributed by atoms with Gasteiger partial charge in [-0.2, -0.15) is 17.9 Å². The van der Waals surface area contributed by atoms with Crippen LogP contribution in [0, 0.1) is 3.57 Å². The summed E-state index contributed by atoms with van der Waals surface area (Å²) in [6.07, 6.45) is 0. The lowest BCUT2D eigenvalue weighted by Gasteiger charge is -2.21. The number of sulfonamides is 1. The quantitative estimate of drug-likeness (QED) is 0.734. The van der Waals surface area contributed by atoms with Crippen LogP contribution in [-0.4, -0.2) is 13.9 Å². The number of alkyl halides is 3. The van der Waals surface area contributed by atoms with Crippen molar-refractivity contribution in [2.24, 2.45) is 0 Å². The van der Waals surface area contributed by atoms with Crippen LogP contribution in [-0.2, 0) is 10.0 Å². The maximum atomic E-state index is 12.7. The highest BCUT2D eigenvalue weighted by molar-refractivity contribution is 14.1. The molecule has 0 amide bonds. The molecular formula is C14H11F3INO2S. The topological polar surface area (TPSA) is 46.2 Å². The molecule has 0 aliphatic carbocycles. The van der Waals surface area contributed by atoms with E-state index in [9.17, 15) is 21.6 Å². The SMILES string of the molecule is O=S(=O)(NC(c1ccccc1)c1ccccc1I)C(F)(F)F. The van der Waals surface area contributed by atoms with Crippen LogP contribution in [0.2, 0.25) is 0 Å². The third-order valence-electron chi connectivity index (χ3n) is 2.93.